The predicted molar refractivity (Wildman–Crippen MR) is 63.7 cm³/mol. The van der Waals surface area contributed by atoms with Gasteiger partial charge in [0.2, 0.25) is 0 Å². The second-order valence-electron chi connectivity index (χ2n) is 4.92. The largest absolute Gasteiger partial charge is 0.394 e. The zero-order valence-electron chi connectivity index (χ0n) is 10.7. The maximum Gasteiger partial charge on any atom is 0.195 e. The molecule has 0 unspecified atom stereocenters. The van der Waals surface area contributed by atoms with Crippen LogP contribution in [-0.2, 0) is 4.74 Å². The van der Waals surface area contributed by atoms with Crippen LogP contribution in [0.2, 0.25) is 0 Å². The van der Waals surface area contributed by atoms with Crippen LogP contribution < -0.4 is 0 Å². The van der Waals surface area contributed by atoms with E-state index in [1.54, 1.807) is 0 Å². The van der Waals surface area contributed by atoms with E-state index in [1.165, 1.54) is 0 Å². The highest BCUT2D eigenvalue weighted by atomic mass is 16.7. The van der Waals surface area contributed by atoms with E-state index >= 15 is 0 Å². The molecule has 5 N–H and O–H groups in total. The number of unbranched alkanes of at least 4 members (excludes halogenated alkanes) is 3. The van der Waals surface area contributed by atoms with Gasteiger partial charge in [0.1, 0.15) is 24.4 Å². The molecule has 6 nitrogen and oxygen atoms in total. The van der Waals surface area contributed by atoms with Crippen LogP contribution in [0.1, 0.15) is 39.0 Å². The number of hydrogen-bond acceptors (Lipinski definition) is 6. The van der Waals surface area contributed by atoms with Crippen molar-refractivity contribution in [2.75, 3.05) is 6.61 Å². The third-order valence-corrected chi connectivity index (χ3v) is 3.44. The quantitative estimate of drug-likeness (QED) is 0.398. The number of hydrogen-bond donors (Lipinski definition) is 5. The van der Waals surface area contributed by atoms with Crippen molar-refractivity contribution < 1.29 is 30.3 Å². The average molecular weight is 264 g/mol. The van der Waals surface area contributed by atoms with E-state index in [0.29, 0.717) is 6.42 Å². The van der Waals surface area contributed by atoms with Gasteiger partial charge in [-0.1, -0.05) is 26.2 Å². The Morgan fingerprint density at radius 1 is 1.06 bits per heavy atom. The summed E-state index contributed by atoms with van der Waals surface area (Å²) in [5.74, 6) is -1.90. The lowest BCUT2D eigenvalue weighted by Gasteiger charge is -2.45. The van der Waals surface area contributed by atoms with E-state index in [4.69, 9.17) is 9.84 Å². The highest BCUT2D eigenvalue weighted by molar-refractivity contribution is 4.95. The summed E-state index contributed by atoms with van der Waals surface area (Å²) in [7, 11) is 0. The molecule has 18 heavy (non-hydrogen) atoms. The fourth-order valence-electron chi connectivity index (χ4n) is 2.23. The summed E-state index contributed by atoms with van der Waals surface area (Å²) in [5.41, 5.74) is 0. The molecule has 1 aliphatic heterocycles. The molecular weight excluding hydrogens is 240 g/mol. The molecule has 0 aliphatic carbocycles. The summed E-state index contributed by atoms with van der Waals surface area (Å²) < 4.78 is 5.14. The Balaban J connectivity index is 2.60. The van der Waals surface area contributed by atoms with E-state index < -0.39 is 36.8 Å². The van der Waals surface area contributed by atoms with E-state index in [0.717, 1.165) is 19.3 Å². The van der Waals surface area contributed by atoms with Gasteiger partial charge in [-0.05, 0) is 6.42 Å². The average Bonchev–Trinajstić information content (AvgIpc) is 2.37. The highest BCUT2D eigenvalue weighted by Crippen LogP contribution is 2.32. The molecule has 5 atom stereocenters. The molecule has 0 aromatic carbocycles. The van der Waals surface area contributed by atoms with Crippen molar-refractivity contribution in [3.05, 3.63) is 0 Å². The summed E-state index contributed by atoms with van der Waals surface area (Å²) in [4.78, 5) is 0. The van der Waals surface area contributed by atoms with Gasteiger partial charge in [0.25, 0.3) is 0 Å². The zero-order chi connectivity index (χ0) is 13.8. The van der Waals surface area contributed by atoms with Gasteiger partial charge in [0.05, 0.1) is 6.61 Å². The number of rotatable bonds is 6. The van der Waals surface area contributed by atoms with Crippen LogP contribution in [0.3, 0.4) is 0 Å². The number of aliphatic hydroxyl groups excluding tert-OH is 4. The Hall–Kier alpha value is -0.240. The monoisotopic (exact) mass is 264 g/mol. The first kappa shape index (κ1) is 15.8. The van der Waals surface area contributed by atoms with Crippen molar-refractivity contribution >= 4 is 0 Å². The second-order valence-corrected chi connectivity index (χ2v) is 4.92. The van der Waals surface area contributed by atoms with Crippen LogP contribution in [0.15, 0.2) is 0 Å². The second kappa shape index (κ2) is 6.79. The molecular formula is C12H24O6. The lowest BCUT2D eigenvalue weighted by molar-refractivity contribution is -0.351. The van der Waals surface area contributed by atoms with Crippen molar-refractivity contribution in [2.24, 2.45) is 0 Å². The topological polar surface area (TPSA) is 110 Å². The van der Waals surface area contributed by atoms with Gasteiger partial charge in [-0.3, -0.25) is 0 Å². The standard InChI is InChI=1S/C12H24O6/c1-2-3-4-5-6-12(17)11(16)10(15)9(14)8(7-13)18-12/h8-11,13-17H,2-7H2,1H3/t8-,9-,10+,11+,12+/m1/s1. The predicted octanol–water partition coefficient (Wildman–Crippen LogP) is -0.881. The Labute approximate surface area is 107 Å². The van der Waals surface area contributed by atoms with E-state index in [2.05, 4.69) is 6.92 Å². The van der Waals surface area contributed by atoms with Gasteiger partial charge in [-0.15, -0.1) is 0 Å². The van der Waals surface area contributed by atoms with Crippen LogP contribution in [0.25, 0.3) is 0 Å². The third kappa shape index (κ3) is 3.40. The molecule has 0 amide bonds. The summed E-state index contributed by atoms with van der Waals surface area (Å²) in [6, 6.07) is 0. The summed E-state index contributed by atoms with van der Waals surface area (Å²) >= 11 is 0. The first-order valence-electron chi connectivity index (χ1n) is 6.51. The first-order chi connectivity index (χ1) is 8.46. The Bertz CT molecular complexity index is 247. The van der Waals surface area contributed by atoms with Crippen LogP contribution in [0.4, 0.5) is 0 Å². The van der Waals surface area contributed by atoms with Crippen LogP contribution in [-0.4, -0.2) is 62.3 Å². The number of ether oxygens (including phenoxy) is 1. The SMILES string of the molecule is CCCCCC[C@]1(O)O[C@H](CO)[C@@H](O)[C@H](O)[C@@H]1O. The molecule has 0 saturated carbocycles. The third-order valence-electron chi connectivity index (χ3n) is 3.44. The molecule has 1 rings (SSSR count). The number of aliphatic hydroxyl groups is 5. The molecule has 0 aromatic heterocycles. The molecule has 1 heterocycles. The van der Waals surface area contributed by atoms with Crippen molar-refractivity contribution in [3.63, 3.8) is 0 Å². The molecule has 0 aromatic rings. The van der Waals surface area contributed by atoms with Crippen LogP contribution >= 0.6 is 0 Å². The van der Waals surface area contributed by atoms with Crippen LogP contribution in [0.5, 0.6) is 0 Å². The van der Waals surface area contributed by atoms with Gasteiger partial charge in [0.15, 0.2) is 5.79 Å². The van der Waals surface area contributed by atoms with Gasteiger partial charge in [-0.25, -0.2) is 0 Å². The van der Waals surface area contributed by atoms with Crippen molar-refractivity contribution in [2.45, 2.75) is 69.2 Å². The van der Waals surface area contributed by atoms with Gasteiger partial charge >= 0.3 is 0 Å². The summed E-state index contributed by atoms with van der Waals surface area (Å²) in [6.45, 7) is 1.53. The minimum atomic E-state index is -1.90. The Morgan fingerprint density at radius 3 is 2.28 bits per heavy atom. The Kier molecular flexibility index (Phi) is 5.97. The van der Waals surface area contributed by atoms with Crippen molar-refractivity contribution in [1.82, 2.24) is 0 Å². The molecule has 0 spiro atoms. The smallest absolute Gasteiger partial charge is 0.195 e. The minimum Gasteiger partial charge on any atom is -0.394 e. The molecule has 1 saturated heterocycles. The van der Waals surface area contributed by atoms with E-state index in [9.17, 15) is 20.4 Å². The summed E-state index contributed by atoms with van der Waals surface area (Å²) in [6.07, 6.45) is -1.83. The molecule has 1 aliphatic rings. The lowest BCUT2D eigenvalue weighted by atomic mass is 9.89. The van der Waals surface area contributed by atoms with Crippen molar-refractivity contribution in [3.8, 4) is 0 Å². The zero-order valence-corrected chi connectivity index (χ0v) is 10.7. The van der Waals surface area contributed by atoms with E-state index in [1.807, 2.05) is 0 Å². The van der Waals surface area contributed by atoms with Crippen molar-refractivity contribution in [1.29, 1.82) is 0 Å². The molecule has 108 valence electrons. The van der Waals surface area contributed by atoms with Gasteiger partial charge in [0, 0.05) is 6.42 Å². The van der Waals surface area contributed by atoms with Gasteiger partial charge < -0.3 is 30.3 Å². The van der Waals surface area contributed by atoms with Crippen LogP contribution in [0, 0.1) is 0 Å². The molecule has 0 radical (unpaired) electrons. The summed E-state index contributed by atoms with van der Waals surface area (Å²) in [5, 5.41) is 48.1. The first-order valence-corrected chi connectivity index (χ1v) is 6.51. The molecule has 1 fully saturated rings. The fourth-order valence-corrected chi connectivity index (χ4v) is 2.23. The molecule has 6 heteroatoms. The fraction of sp³-hybridized carbons (Fsp3) is 1.00. The maximum atomic E-state index is 10.2. The lowest BCUT2D eigenvalue weighted by Crippen LogP contribution is -2.65. The maximum absolute atomic E-state index is 10.2. The Morgan fingerprint density at radius 2 is 1.72 bits per heavy atom. The molecule has 0 bridgehead atoms. The minimum absolute atomic E-state index is 0.161. The van der Waals surface area contributed by atoms with Gasteiger partial charge in [-0.2, -0.15) is 0 Å². The highest BCUT2D eigenvalue weighted by Gasteiger charge is 2.51. The van der Waals surface area contributed by atoms with E-state index in [-0.39, 0.29) is 6.42 Å². The normalized spacial score (nSPS) is 41.0.